The molecular formula is C59H37N7O. The van der Waals surface area contributed by atoms with Crippen molar-refractivity contribution in [2.45, 2.75) is 5.41 Å². The first-order chi connectivity index (χ1) is 33.1. The Balaban J connectivity index is 0.970. The molecule has 13 rings (SSSR count). The molecule has 314 valence electrons. The highest BCUT2D eigenvalue weighted by molar-refractivity contribution is 6.10. The van der Waals surface area contributed by atoms with Crippen LogP contribution in [0.3, 0.4) is 0 Å². The van der Waals surface area contributed by atoms with E-state index in [0.29, 0.717) is 28.6 Å². The Morgan fingerprint density at radius 1 is 0.373 bits per heavy atom. The molecule has 0 aliphatic heterocycles. The van der Waals surface area contributed by atoms with E-state index in [9.17, 15) is 4.79 Å². The van der Waals surface area contributed by atoms with Crippen molar-refractivity contribution in [2.75, 3.05) is 0 Å². The molecule has 0 N–H and O–H groups in total. The summed E-state index contributed by atoms with van der Waals surface area (Å²) in [4.78, 5) is 38.5. The van der Waals surface area contributed by atoms with Gasteiger partial charge in [-0.1, -0.05) is 127 Å². The first kappa shape index (κ1) is 38.3. The molecule has 0 atom stereocenters. The summed E-state index contributed by atoms with van der Waals surface area (Å²) in [7, 11) is 0. The van der Waals surface area contributed by atoms with Gasteiger partial charge in [0.1, 0.15) is 0 Å². The molecule has 0 saturated heterocycles. The number of carbonyl (C=O) groups is 1. The minimum atomic E-state index is -0.716. The van der Waals surface area contributed by atoms with Gasteiger partial charge < -0.3 is 9.13 Å². The van der Waals surface area contributed by atoms with E-state index >= 15 is 0 Å². The number of aromatic nitrogens is 7. The van der Waals surface area contributed by atoms with Gasteiger partial charge in [0.25, 0.3) is 0 Å². The molecule has 0 amide bonds. The molecule has 3 aromatic heterocycles. The molecule has 11 aromatic rings. The number of carbonyl (C=O) groups excluding carboxylic acids is 1. The normalized spacial score (nSPS) is 12.7. The van der Waals surface area contributed by atoms with E-state index in [1.807, 2.05) is 119 Å². The van der Waals surface area contributed by atoms with Crippen LogP contribution in [0.4, 0.5) is 0 Å². The van der Waals surface area contributed by atoms with Crippen LogP contribution in [0.5, 0.6) is 0 Å². The highest BCUT2D eigenvalue weighted by atomic mass is 16.1. The number of nitrogens with zero attached hydrogens (tertiary/aromatic N) is 7. The van der Waals surface area contributed by atoms with Gasteiger partial charge in [-0.25, -0.2) is 24.9 Å². The predicted molar refractivity (Wildman–Crippen MR) is 262 cm³/mol. The van der Waals surface area contributed by atoms with E-state index in [0.717, 1.165) is 61.4 Å². The van der Waals surface area contributed by atoms with E-state index in [2.05, 4.69) is 101 Å². The Kier molecular flexibility index (Phi) is 8.72. The summed E-state index contributed by atoms with van der Waals surface area (Å²) in [5, 5.41) is 0. The number of rotatable bonds is 8. The first-order valence-corrected chi connectivity index (χ1v) is 22.2. The topological polar surface area (TPSA) is 91.4 Å². The Morgan fingerprint density at radius 2 is 0.806 bits per heavy atom. The molecule has 1 spiro atoms. The third kappa shape index (κ3) is 6.15. The Hall–Kier alpha value is -9.14. The van der Waals surface area contributed by atoms with E-state index in [1.54, 1.807) is 25.0 Å². The van der Waals surface area contributed by atoms with E-state index in [1.165, 1.54) is 22.3 Å². The van der Waals surface area contributed by atoms with Crippen molar-refractivity contribution in [1.29, 1.82) is 0 Å². The minimum Gasteiger partial charge on any atom is -0.306 e. The number of ketones is 1. The summed E-state index contributed by atoms with van der Waals surface area (Å²) in [6.07, 6.45) is 10.9. The zero-order valence-electron chi connectivity index (χ0n) is 35.9. The molecule has 0 saturated carbocycles. The quantitative estimate of drug-likeness (QED) is 0.141. The highest BCUT2D eigenvalue weighted by Crippen LogP contribution is 2.63. The summed E-state index contributed by atoms with van der Waals surface area (Å²) < 4.78 is 3.94. The van der Waals surface area contributed by atoms with Crippen molar-refractivity contribution in [3.63, 3.8) is 0 Å². The lowest BCUT2D eigenvalue weighted by Gasteiger charge is -2.31. The smallest absolute Gasteiger partial charge is 0.193 e. The molecular weight excluding hydrogens is 823 g/mol. The standard InChI is InChI=1S/C59H37N7O/c67-55(40-16-14-39(15-17-40)38-8-2-1-3-9-38)43-22-28-49-50-29-23-44(35-54(50)59(53(49)34-43)51-12-6-4-10-47(51)48-11-5-7-13-52(48)59)58-63-56(41-18-24-45(25-19-41)65-32-30-60-36-65)62-57(64-58)42-20-26-46(27-21-42)66-33-31-61-37-66/h1-37H. The SMILES string of the molecule is O=C(c1ccc(-c2ccccc2)cc1)c1ccc2c(c1)C1(c3ccccc3-c3ccccc31)c1cc(-c3nc(-c4ccc(-n5ccnc5)cc4)nc(-c4ccc(-n5ccnc5)cc4)n3)ccc1-2. The minimum absolute atomic E-state index is 0.0184. The molecule has 8 nitrogen and oxygen atoms in total. The van der Waals surface area contributed by atoms with Gasteiger partial charge in [-0.15, -0.1) is 0 Å². The lowest BCUT2D eigenvalue weighted by atomic mass is 9.70. The summed E-state index contributed by atoms with van der Waals surface area (Å²) in [6.45, 7) is 0. The summed E-state index contributed by atoms with van der Waals surface area (Å²) >= 11 is 0. The molecule has 0 fully saturated rings. The van der Waals surface area contributed by atoms with Crippen molar-refractivity contribution in [1.82, 2.24) is 34.1 Å². The van der Waals surface area contributed by atoms with Crippen molar-refractivity contribution >= 4 is 5.78 Å². The van der Waals surface area contributed by atoms with Gasteiger partial charge in [-0.05, 0) is 116 Å². The number of hydrogen-bond acceptors (Lipinski definition) is 6. The van der Waals surface area contributed by atoms with Crippen LogP contribution in [0.2, 0.25) is 0 Å². The van der Waals surface area contributed by atoms with Crippen LogP contribution in [0.1, 0.15) is 38.2 Å². The average molecular weight is 860 g/mol. The monoisotopic (exact) mass is 859 g/mol. The molecule has 8 aromatic carbocycles. The van der Waals surface area contributed by atoms with Gasteiger partial charge in [0, 0.05) is 64.0 Å². The Morgan fingerprint density at radius 3 is 1.36 bits per heavy atom. The number of imidazole rings is 2. The molecule has 8 heteroatoms. The number of hydrogen-bond donors (Lipinski definition) is 0. The molecule has 0 bridgehead atoms. The maximum Gasteiger partial charge on any atom is 0.193 e. The molecule has 0 radical (unpaired) electrons. The lowest BCUT2D eigenvalue weighted by molar-refractivity contribution is 0.103. The van der Waals surface area contributed by atoms with Gasteiger partial charge in [-0.3, -0.25) is 4.79 Å². The van der Waals surface area contributed by atoms with Gasteiger partial charge >= 0.3 is 0 Å². The third-order valence-electron chi connectivity index (χ3n) is 13.4. The van der Waals surface area contributed by atoms with Crippen LogP contribution >= 0.6 is 0 Å². The van der Waals surface area contributed by atoms with Gasteiger partial charge in [0.15, 0.2) is 23.3 Å². The van der Waals surface area contributed by atoms with Crippen LogP contribution in [0, 0.1) is 0 Å². The van der Waals surface area contributed by atoms with Gasteiger partial charge in [0.2, 0.25) is 0 Å². The van der Waals surface area contributed by atoms with Crippen LogP contribution < -0.4 is 0 Å². The average Bonchev–Trinajstić information content (AvgIpc) is 4.24. The lowest BCUT2D eigenvalue weighted by Crippen LogP contribution is -2.26. The van der Waals surface area contributed by atoms with Crippen molar-refractivity contribution in [2.24, 2.45) is 0 Å². The number of benzene rings is 8. The van der Waals surface area contributed by atoms with Crippen LogP contribution in [0.15, 0.2) is 225 Å². The predicted octanol–water partition coefficient (Wildman–Crippen LogP) is 12.5. The number of fused-ring (bicyclic) bond motifs is 10. The second-order valence-corrected chi connectivity index (χ2v) is 17.0. The Bertz CT molecular complexity index is 3530. The van der Waals surface area contributed by atoms with E-state index in [4.69, 9.17) is 15.0 Å². The highest BCUT2D eigenvalue weighted by Gasteiger charge is 2.52. The van der Waals surface area contributed by atoms with Crippen LogP contribution in [0.25, 0.3) is 78.9 Å². The van der Waals surface area contributed by atoms with Crippen molar-refractivity contribution < 1.29 is 4.79 Å². The third-order valence-corrected chi connectivity index (χ3v) is 13.4. The van der Waals surface area contributed by atoms with Gasteiger partial charge in [-0.2, -0.15) is 0 Å². The molecule has 2 aliphatic carbocycles. The summed E-state index contributed by atoms with van der Waals surface area (Å²) in [5.74, 6) is 1.66. The second-order valence-electron chi connectivity index (χ2n) is 17.0. The largest absolute Gasteiger partial charge is 0.306 e. The first-order valence-electron chi connectivity index (χ1n) is 22.2. The van der Waals surface area contributed by atoms with Crippen molar-refractivity contribution in [3.8, 4) is 78.9 Å². The molecule has 2 aliphatic rings. The second kappa shape index (κ2) is 15.3. The summed E-state index contributed by atoms with van der Waals surface area (Å²) in [6, 6.07) is 64.8. The zero-order chi connectivity index (χ0) is 44.5. The fourth-order valence-electron chi connectivity index (χ4n) is 10.2. The molecule has 67 heavy (non-hydrogen) atoms. The maximum atomic E-state index is 14.5. The van der Waals surface area contributed by atoms with Crippen LogP contribution in [-0.2, 0) is 5.41 Å². The van der Waals surface area contributed by atoms with E-state index in [-0.39, 0.29) is 5.78 Å². The van der Waals surface area contributed by atoms with Crippen molar-refractivity contribution in [3.05, 3.63) is 259 Å². The van der Waals surface area contributed by atoms with Gasteiger partial charge in [0.05, 0.1) is 18.1 Å². The molecule has 0 unspecified atom stereocenters. The van der Waals surface area contributed by atoms with E-state index < -0.39 is 5.41 Å². The maximum absolute atomic E-state index is 14.5. The molecule has 3 heterocycles. The van der Waals surface area contributed by atoms with Crippen LogP contribution in [-0.4, -0.2) is 39.8 Å². The fourth-order valence-corrected chi connectivity index (χ4v) is 10.2. The summed E-state index contributed by atoms with van der Waals surface area (Å²) in [5.41, 5.74) is 16.4. The zero-order valence-corrected chi connectivity index (χ0v) is 35.9. The Labute approximate surface area is 386 Å². The fraction of sp³-hybridized carbons (Fsp3) is 0.0169.